The number of hydrogen-bond donors (Lipinski definition) is 0. The topological polar surface area (TPSA) is 38.9 Å². The molecule has 0 bridgehead atoms. The molecular weight excluding hydrogens is 152 g/mol. The minimum Gasteiger partial charge on any atom is -0.364 e. The first kappa shape index (κ1) is 7.03. The van der Waals surface area contributed by atoms with Crippen molar-refractivity contribution in [1.82, 2.24) is 10.1 Å². The summed E-state index contributed by atoms with van der Waals surface area (Å²) in [6, 6.07) is 5.53. The highest BCUT2D eigenvalue weighted by molar-refractivity contribution is 5.58. The van der Waals surface area contributed by atoms with Crippen molar-refractivity contribution in [3.63, 3.8) is 0 Å². The van der Waals surface area contributed by atoms with E-state index in [2.05, 4.69) is 17.1 Å². The van der Waals surface area contributed by atoms with Gasteiger partial charge in [0, 0.05) is 23.5 Å². The second kappa shape index (κ2) is 2.77. The highest BCUT2D eigenvalue weighted by atomic mass is 16.5. The van der Waals surface area contributed by atoms with Crippen molar-refractivity contribution >= 4 is 0 Å². The van der Waals surface area contributed by atoms with Gasteiger partial charge in [-0.3, -0.25) is 4.98 Å². The summed E-state index contributed by atoms with van der Waals surface area (Å²) in [5.74, 6) is 0. The molecule has 0 unspecified atom stereocenters. The summed E-state index contributed by atoms with van der Waals surface area (Å²) in [5, 5.41) is 3.80. The van der Waals surface area contributed by atoms with Crippen LogP contribution >= 0.6 is 0 Å². The summed E-state index contributed by atoms with van der Waals surface area (Å²) in [7, 11) is 0. The highest BCUT2D eigenvalue weighted by Gasteiger charge is 1.99. The van der Waals surface area contributed by atoms with E-state index < -0.39 is 0 Å². The number of hydrogen-bond acceptors (Lipinski definition) is 3. The normalized spacial score (nSPS) is 10.1. The predicted molar refractivity (Wildman–Crippen MR) is 44.2 cm³/mol. The first-order chi connectivity index (χ1) is 5.86. The molecule has 0 N–H and O–H groups in total. The minimum atomic E-state index is 0.732. The molecule has 3 heteroatoms. The SMILES string of the molecule is [CH2]c1cc(-c2ccon2)ccn1. The fraction of sp³-hybridized carbons (Fsp3) is 0. The Balaban J connectivity index is 2.48. The van der Waals surface area contributed by atoms with Crippen LogP contribution in [0.15, 0.2) is 35.2 Å². The summed E-state index contributed by atoms with van der Waals surface area (Å²) in [5.41, 5.74) is 2.52. The fourth-order valence-corrected chi connectivity index (χ4v) is 0.999. The van der Waals surface area contributed by atoms with Gasteiger partial charge in [0.25, 0.3) is 0 Å². The van der Waals surface area contributed by atoms with Gasteiger partial charge in [-0.25, -0.2) is 0 Å². The first-order valence-corrected chi connectivity index (χ1v) is 3.55. The van der Waals surface area contributed by atoms with Crippen LogP contribution in [0.4, 0.5) is 0 Å². The van der Waals surface area contributed by atoms with E-state index in [-0.39, 0.29) is 0 Å². The Kier molecular flexibility index (Phi) is 1.63. The van der Waals surface area contributed by atoms with Gasteiger partial charge in [-0.2, -0.15) is 0 Å². The molecule has 0 amide bonds. The molecule has 0 aliphatic rings. The molecule has 2 aromatic heterocycles. The average molecular weight is 159 g/mol. The second-order valence-corrected chi connectivity index (χ2v) is 2.42. The van der Waals surface area contributed by atoms with E-state index in [9.17, 15) is 0 Å². The zero-order valence-electron chi connectivity index (χ0n) is 6.40. The minimum absolute atomic E-state index is 0.732. The number of nitrogens with zero attached hydrogens (tertiary/aromatic N) is 2. The summed E-state index contributed by atoms with van der Waals surface area (Å²) in [6.07, 6.45) is 3.24. The predicted octanol–water partition coefficient (Wildman–Crippen LogP) is 1.92. The van der Waals surface area contributed by atoms with Crippen LogP contribution in [0.25, 0.3) is 11.3 Å². The zero-order valence-corrected chi connectivity index (χ0v) is 6.40. The Labute approximate surface area is 70.0 Å². The Hall–Kier alpha value is -1.64. The van der Waals surface area contributed by atoms with Crippen LogP contribution in [0, 0.1) is 6.92 Å². The van der Waals surface area contributed by atoms with Gasteiger partial charge >= 0.3 is 0 Å². The van der Waals surface area contributed by atoms with E-state index in [1.807, 2.05) is 12.1 Å². The van der Waals surface area contributed by atoms with E-state index >= 15 is 0 Å². The summed E-state index contributed by atoms with van der Waals surface area (Å²) in [4.78, 5) is 3.98. The highest BCUT2D eigenvalue weighted by Crippen LogP contribution is 2.15. The van der Waals surface area contributed by atoms with Crippen LogP contribution in [-0.4, -0.2) is 10.1 Å². The van der Waals surface area contributed by atoms with Crippen LogP contribution in [0.2, 0.25) is 0 Å². The third kappa shape index (κ3) is 1.21. The van der Waals surface area contributed by atoms with Crippen molar-refractivity contribution in [2.45, 2.75) is 0 Å². The van der Waals surface area contributed by atoms with Crippen molar-refractivity contribution in [3.8, 4) is 11.3 Å². The van der Waals surface area contributed by atoms with Gasteiger partial charge in [0.1, 0.15) is 12.0 Å². The maximum Gasteiger partial charge on any atom is 0.124 e. The van der Waals surface area contributed by atoms with E-state index in [0.29, 0.717) is 0 Å². The molecule has 12 heavy (non-hydrogen) atoms. The molecule has 3 nitrogen and oxygen atoms in total. The molecule has 0 spiro atoms. The van der Waals surface area contributed by atoms with Gasteiger partial charge in [-0.05, 0) is 19.1 Å². The standard InChI is InChI=1S/C9H7N2O/c1-7-6-8(2-4-10-7)9-3-5-12-11-9/h2-6H,1H2. The molecule has 0 fully saturated rings. The van der Waals surface area contributed by atoms with Crippen molar-refractivity contribution in [1.29, 1.82) is 0 Å². The second-order valence-electron chi connectivity index (χ2n) is 2.42. The molecule has 2 heterocycles. The van der Waals surface area contributed by atoms with Gasteiger partial charge in [-0.15, -0.1) is 0 Å². The van der Waals surface area contributed by atoms with E-state index in [0.717, 1.165) is 17.0 Å². The molecule has 1 radical (unpaired) electrons. The Morgan fingerprint density at radius 2 is 2.25 bits per heavy atom. The lowest BCUT2D eigenvalue weighted by Crippen LogP contribution is -1.81. The Bertz CT molecular complexity index is 368. The van der Waals surface area contributed by atoms with E-state index in [1.165, 1.54) is 0 Å². The molecular formula is C9H7N2O. The largest absolute Gasteiger partial charge is 0.364 e. The summed E-state index contributed by atoms with van der Waals surface area (Å²) < 4.78 is 4.72. The van der Waals surface area contributed by atoms with E-state index in [4.69, 9.17) is 4.52 Å². The van der Waals surface area contributed by atoms with Crippen LogP contribution < -0.4 is 0 Å². The molecule has 2 aromatic rings. The molecule has 0 atom stereocenters. The zero-order chi connectivity index (χ0) is 8.39. The third-order valence-corrected chi connectivity index (χ3v) is 1.55. The molecule has 0 saturated carbocycles. The molecule has 0 aliphatic heterocycles. The van der Waals surface area contributed by atoms with Gasteiger partial charge in [0.15, 0.2) is 0 Å². The van der Waals surface area contributed by atoms with Crippen LogP contribution in [0.1, 0.15) is 5.69 Å². The van der Waals surface area contributed by atoms with Gasteiger partial charge < -0.3 is 4.52 Å². The van der Waals surface area contributed by atoms with Crippen LogP contribution in [0.3, 0.4) is 0 Å². The number of rotatable bonds is 1. The first-order valence-electron chi connectivity index (χ1n) is 3.55. The maximum atomic E-state index is 4.72. The summed E-state index contributed by atoms with van der Waals surface area (Å²) >= 11 is 0. The lowest BCUT2D eigenvalue weighted by molar-refractivity contribution is 0.422. The molecule has 2 rings (SSSR count). The number of aromatic nitrogens is 2. The van der Waals surface area contributed by atoms with Gasteiger partial charge in [0.2, 0.25) is 0 Å². The summed E-state index contributed by atoms with van der Waals surface area (Å²) in [6.45, 7) is 3.72. The lowest BCUT2D eigenvalue weighted by Gasteiger charge is -1.94. The van der Waals surface area contributed by atoms with Crippen LogP contribution in [-0.2, 0) is 0 Å². The van der Waals surface area contributed by atoms with Gasteiger partial charge in [0.05, 0.1) is 0 Å². The van der Waals surface area contributed by atoms with E-state index in [1.54, 1.807) is 18.5 Å². The van der Waals surface area contributed by atoms with Crippen molar-refractivity contribution < 1.29 is 4.52 Å². The molecule has 59 valence electrons. The van der Waals surface area contributed by atoms with Crippen molar-refractivity contribution in [2.75, 3.05) is 0 Å². The Morgan fingerprint density at radius 3 is 2.92 bits per heavy atom. The third-order valence-electron chi connectivity index (χ3n) is 1.55. The molecule has 0 aliphatic carbocycles. The lowest BCUT2D eigenvalue weighted by atomic mass is 10.2. The average Bonchev–Trinajstić information content (AvgIpc) is 2.56. The fourth-order valence-electron chi connectivity index (χ4n) is 0.999. The monoisotopic (exact) mass is 159 g/mol. The van der Waals surface area contributed by atoms with Crippen molar-refractivity contribution in [2.24, 2.45) is 0 Å². The molecule has 0 aromatic carbocycles. The smallest absolute Gasteiger partial charge is 0.124 e. The van der Waals surface area contributed by atoms with Gasteiger partial charge in [-0.1, -0.05) is 5.16 Å². The Morgan fingerprint density at radius 1 is 1.33 bits per heavy atom. The quantitative estimate of drug-likeness (QED) is 0.638. The molecule has 0 saturated heterocycles. The van der Waals surface area contributed by atoms with Crippen molar-refractivity contribution in [3.05, 3.63) is 43.3 Å². The maximum absolute atomic E-state index is 4.72. The van der Waals surface area contributed by atoms with Crippen LogP contribution in [0.5, 0.6) is 0 Å². The number of pyridine rings is 1.